The molecule has 2 rings (SSSR count). The zero-order valence-electron chi connectivity index (χ0n) is 10.3. The molecule has 1 atom stereocenters. The van der Waals surface area contributed by atoms with E-state index in [2.05, 4.69) is 5.10 Å². The van der Waals surface area contributed by atoms with Crippen LogP contribution in [0.2, 0.25) is 0 Å². The third kappa shape index (κ3) is 2.41. The molecule has 1 heterocycles. The summed E-state index contributed by atoms with van der Waals surface area (Å²) in [6.45, 7) is 0. The molecule has 5 nitrogen and oxygen atoms in total. The normalized spacial score (nSPS) is 12.2. The summed E-state index contributed by atoms with van der Waals surface area (Å²) in [6, 6.07) is 6.20. The molecular weight excluding hydrogens is 230 g/mol. The number of carbonyl (C=O) groups is 1. The number of carbonyl (C=O) groups excluding carboxylic acids is 1. The largest absolute Gasteiger partial charge is 0.497 e. The van der Waals surface area contributed by atoms with E-state index in [0.717, 1.165) is 0 Å². The van der Waals surface area contributed by atoms with E-state index in [0.29, 0.717) is 16.9 Å². The van der Waals surface area contributed by atoms with Crippen molar-refractivity contribution in [3.05, 3.63) is 47.8 Å². The van der Waals surface area contributed by atoms with Gasteiger partial charge in [-0.1, -0.05) is 0 Å². The minimum absolute atomic E-state index is 0.134. The fraction of sp³-hybridized carbons (Fsp3) is 0.231. The summed E-state index contributed by atoms with van der Waals surface area (Å²) in [7, 11) is 3.37. The van der Waals surface area contributed by atoms with Crippen LogP contribution in [0.5, 0.6) is 5.75 Å². The second-order valence-corrected chi connectivity index (χ2v) is 4.02. The van der Waals surface area contributed by atoms with Crippen LogP contribution in [0.25, 0.3) is 0 Å². The number of ether oxygens (including phenoxy) is 1. The Bertz CT molecular complexity index is 546. The molecule has 0 saturated heterocycles. The smallest absolute Gasteiger partial charge is 0.184 e. The van der Waals surface area contributed by atoms with E-state index >= 15 is 0 Å². The molecule has 0 aliphatic carbocycles. The van der Waals surface area contributed by atoms with E-state index in [1.807, 2.05) is 0 Å². The first kappa shape index (κ1) is 12.3. The molecular formula is C13H15N3O2. The van der Waals surface area contributed by atoms with Crippen LogP contribution in [-0.2, 0) is 7.05 Å². The standard InChI is InChI=1S/C13H15N3O2/c1-16-8-10(7-15-16)12(14)13(17)9-3-5-11(18-2)6-4-9/h3-8,12H,14H2,1-2H3. The first-order valence-electron chi connectivity index (χ1n) is 5.54. The molecule has 0 amide bonds. The molecule has 18 heavy (non-hydrogen) atoms. The van der Waals surface area contributed by atoms with Gasteiger partial charge < -0.3 is 10.5 Å². The highest BCUT2D eigenvalue weighted by molar-refractivity contribution is 6.00. The van der Waals surface area contributed by atoms with Gasteiger partial charge in [0.15, 0.2) is 5.78 Å². The molecule has 0 radical (unpaired) electrons. The van der Waals surface area contributed by atoms with Gasteiger partial charge in [-0.05, 0) is 24.3 Å². The van der Waals surface area contributed by atoms with Crippen molar-refractivity contribution in [1.82, 2.24) is 9.78 Å². The summed E-state index contributed by atoms with van der Waals surface area (Å²) in [6.07, 6.45) is 3.35. The van der Waals surface area contributed by atoms with Crippen molar-refractivity contribution in [2.45, 2.75) is 6.04 Å². The fourth-order valence-corrected chi connectivity index (χ4v) is 1.69. The van der Waals surface area contributed by atoms with E-state index in [9.17, 15) is 4.79 Å². The van der Waals surface area contributed by atoms with Crippen molar-refractivity contribution in [2.24, 2.45) is 12.8 Å². The molecule has 0 bridgehead atoms. The molecule has 0 spiro atoms. The SMILES string of the molecule is COc1ccc(C(=O)C(N)c2cnn(C)c2)cc1. The van der Waals surface area contributed by atoms with Crippen molar-refractivity contribution in [3.63, 3.8) is 0 Å². The lowest BCUT2D eigenvalue weighted by Gasteiger charge is -2.08. The highest BCUT2D eigenvalue weighted by Crippen LogP contribution is 2.18. The molecule has 94 valence electrons. The minimum Gasteiger partial charge on any atom is -0.497 e. The number of aromatic nitrogens is 2. The van der Waals surface area contributed by atoms with Crippen LogP contribution in [0.3, 0.4) is 0 Å². The maximum atomic E-state index is 12.2. The molecule has 2 aromatic rings. The van der Waals surface area contributed by atoms with E-state index < -0.39 is 6.04 Å². The predicted octanol–water partition coefficient (Wildman–Crippen LogP) is 1.31. The molecule has 0 fully saturated rings. The van der Waals surface area contributed by atoms with Crippen LogP contribution in [0.4, 0.5) is 0 Å². The number of benzene rings is 1. The summed E-state index contributed by atoms with van der Waals surface area (Å²) in [5.74, 6) is 0.576. The quantitative estimate of drug-likeness (QED) is 0.824. The van der Waals surface area contributed by atoms with E-state index in [1.165, 1.54) is 0 Å². The zero-order valence-corrected chi connectivity index (χ0v) is 10.3. The zero-order chi connectivity index (χ0) is 13.1. The number of aryl methyl sites for hydroxylation is 1. The molecule has 2 N–H and O–H groups in total. The van der Waals surface area contributed by atoms with Gasteiger partial charge in [0.1, 0.15) is 5.75 Å². The lowest BCUT2D eigenvalue weighted by molar-refractivity contribution is 0.0961. The van der Waals surface area contributed by atoms with Gasteiger partial charge in [0, 0.05) is 24.4 Å². The third-order valence-electron chi connectivity index (χ3n) is 2.74. The molecule has 0 aliphatic rings. The molecule has 0 saturated carbocycles. The number of methoxy groups -OCH3 is 1. The Morgan fingerprint density at radius 2 is 2.06 bits per heavy atom. The van der Waals surface area contributed by atoms with Crippen LogP contribution in [0.15, 0.2) is 36.7 Å². The number of Topliss-reactive ketones (excluding diaryl/α,β-unsaturated/α-hetero) is 1. The number of nitrogens with zero attached hydrogens (tertiary/aromatic N) is 2. The number of hydrogen-bond acceptors (Lipinski definition) is 4. The maximum absolute atomic E-state index is 12.2. The van der Waals surface area contributed by atoms with Crippen molar-refractivity contribution < 1.29 is 9.53 Å². The fourth-order valence-electron chi connectivity index (χ4n) is 1.69. The van der Waals surface area contributed by atoms with Gasteiger partial charge in [0.05, 0.1) is 19.3 Å². The highest BCUT2D eigenvalue weighted by atomic mass is 16.5. The van der Waals surface area contributed by atoms with Gasteiger partial charge in [-0.3, -0.25) is 9.48 Å². The Morgan fingerprint density at radius 3 is 2.56 bits per heavy atom. The van der Waals surface area contributed by atoms with Gasteiger partial charge in [-0.15, -0.1) is 0 Å². The number of ketones is 1. The molecule has 0 aliphatic heterocycles. The summed E-state index contributed by atoms with van der Waals surface area (Å²) in [5.41, 5.74) is 7.19. The van der Waals surface area contributed by atoms with Crippen LogP contribution >= 0.6 is 0 Å². The van der Waals surface area contributed by atoms with Crippen LogP contribution < -0.4 is 10.5 Å². The lowest BCUT2D eigenvalue weighted by Crippen LogP contribution is -2.21. The van der Waals surface area contributed by atoms with E-state index in [-0.39, 0.29) is 5.78 Å². The van der Waals surface area contributed by atoms with Crippen molar-refractivity contribution in [2.75, 3.05) is 7.11 Å². The first-order chi connectivity index (χ1) is 8.61. The van der Waals surface area contributed by atoms with Gasteiger partial charge in [0.2, 0.25) is 0 Å². The van der Waals surface area contributed by atoms with Gasteiger partial charge in [0.25, 0.3) is 0 Å². The average Bonchev–Trinajstić information content (AvgIpc) is 2.84. The van der Waals surface area contributed by atoms with E-state index in [1.54, 1.807) is 55.5 Å². The van der Waals surface area contributed by atoms with Crippen molar-refractivity contribution in [3.8, 4) is 5.75 Å². The van der Waals surface area contributed by atoms with Crippen LogP contribution in [-0.4, -0.2) is 22.7 Å². The first-order valence-corrected chi connectivity index (χ1v) is 5.54. The minimum atomic E-state index is -0.688. The summed E-state index contributed by atoms with van der Waals surface area (Å²) >= 11 is 0. The maximum Gasteiger partial charge on any atom is 0.184 e. The predicted molar refractivity (Wildman–Crippen MR) is 67.5 cm³/mol. The summed E-state index contributed by atoms with van der Waals surface area (Å²) in [4.78, 5) is 12.2. The molecule has 5 heteroatoms. The second-order valence-electron chi connectivity index (χ2n) is 4.02. The van der Waals surface area contributed by atoms with Crippen molar-refractivity contribution >= 4 is 5.78 Å². The van der Waals surface area contributed by atoms with Crippen LogP contribution in [0.1, 0.15) is 22.0 Å². The highest BCUT2D eigenvalue weighted by Gasteiger charge is 2.18. The number of nitrogens with two attached hydrogens (primary N) is 1. The molecule has 1 aromatic carbocycles. The molecule has 1 aromatic heterocycles. The van der Waals surface area contributed by atoms with Gasteiger partial charge in [-0.25, -0.2) is 0 Å². The lowest BCUT2D eigenvalue weighted by atomic mass is 10.0. The number of rotatable bonds is 4. The Labute approximate surface area is 105 Å². The topological polar surface area (TPSA) is 70.1 Å². The Kier molecular flexibility index (Phi) is 3.43. The van der Waals surface area contributed by atoms with Gasteiger partial charge >= 0.3 is 0 Å². The monoisotopic (exact) mass is 245 g/mol. The Hall–Kier alpha value is -2.14. The average molecular weight is 245 g/mol. The Balaban J connectivity index is 2.19. The third-order valence-corrected chi connectivity index (χ3v) is 2.74. The van der Waals surface area contributed by atoms with Crippen molar-refractivity contribution in [1.29, 1.82) is 0 Å². The van der Waals surface area contributed by atoms with Gasteiger partial charge in [-0.2, -0.15) is 5.10 Å². The summed E-state index contributed by atoms with van der Waals surface area (Å²) in [5, 5.41) is 4.01. The molecule has 1 unspecified atom stereocenters. The van der Waals surface area contributed by atoms with Crippen LogP contribution in [0, 0.1) is 0 Å². The Morgan fingerprint density at radius 1 is 1.39 bits per heavy atom. The number of hydrogen-bond donors (Lipinski definition) is 1. The second kappa shape index (κ2) is 5.01. The van der Waals surface area contributed by atoms with E-state index in [4.69, 9.17) is 10.5 Å². The summed E-state index contributed by atoms with van der Waals surface area (Å²) < 4.78 is 6.66.